The Labute approximate surface area is 142 Å². The Morgan fingerprint density at radius 1 is 0.957 bits per heavy atom. The molecule has 0 aromatic carbocycles. The Morgan fingerprint density at radius 3 is 1.87 bits per heavy atom. The molecule has 136 valence electrons. The van der Waals surface area contributed by atoms with Gasteiger partial charge in [0.15, 0.2) is 0 Å². The number of ether oxygens (including phenoxy) is 2. The highest BCUT2D eigenvalue weighted by molar-refractivity contribution is 5.87. The molecular formula is C19H36O4. The minimum atomic E-state index is -1.82. The smallest absolute Gasteiger partial charge is 0.337 e. The molecule has 0 aliphatic rings. The molecule has 0 fully saturated rings. The molecule has 23 heavy (non-hydrogen) atoms. The van der Waals surface area contributed by atoms with E-state index in [0.717, 1.165) is 12.8 Å². The van der Waals surface area contributed by atoms with Gasteiger partial charge in [-0.1, -0.05) is 78.2 Å². The van der Waals surface area contributed by atoms with Gasteiger partial charge < -0.3 is 14.6 Å². The highest BCUT2D eigenvalue weighted by atomic mass is 16.8. The third-order valence-electron chi connectivity index (χ3n) is 3.87. The number of carbonyl (C=O) groups excluding carboxylic acids is 1. The highest BCUT2D eigenvalue weighted by Gasteiger charge is 2.30. The summed E-state index contributed by atoms with van der Waals surface area (Å²) < 4.78 is 10.3. The van der Waals surface area contributed by atoms with Crippen molar-refractivity contribution in [2.75, 3.05) is 6.61 Å². The summed E-state index contributed by atoms with van der Waals surface area (Å²) in [6.45, 7) is 9.38. The van der Waals surface area contributed by atoms with Gasteiger partial charge in [-0.05, 0) is 13.3 Å². The minimum absolute atomic E-state index is 0.198. The van der Waals surface area contributed by atoms with Crippen molar-refractivity contribution < 1.29 is 19.4 Å². The first-order chi connectivity index (χ1) is 10.9. The molecule has 0 aromatic rings. The molecule has 0 aromatic heterocycles. The molecule has 0 aliphatic carbocycles. The van der Waals surface area contributed by atoms with Crippen LogP contribution in [-0.2, 0) is 14.3 Å². The SMILES string of the molecule is C=C(C)C(=O)OC(O)(CC)OCCCCCCCCCCCC. The molecule has 0 saturated heterocycles. The first kappa shape index (κ1) is 22.1. The topological polar surface area (TPSA) is 55.8 Å². The van der Waals surface area contributed by atoms with E-state index in [1.807, 2.05) is 0 Å². The van der Waals surface area contributed by atoms with Crippen molar-refractivity contribution in [2.45, 2.75) is 97.4 Å². The van der Waals surface area contributed by atoms with Gasteiger partial charge in [-0.15, -0.1) is 0 Å². The summed E-state index contributed by atoms with van der Waals surface area (Å²) in [6.07, 6.45) is 12.6. The number of aliphatic hydroxyl groups is 1. The standard InChI is InChI=1S/C19H36O4/c1-5-7-8-9-10-11-12-13-14-15-16-22-19(21,6-2)23-18(20)17(3)4/h21H,3,5-16H2,1-2,4H3. The molecule has 0 heterocycles. The Bertz CT molecular complexity index is 327. The summed E-state index contributed by atoms with van der Waals surface area (Å²) in [5, 5.41) is 10.1. The van der Waals surface area contributed by atoms with Crippen LogP contribution in [0.2, 0.25) is 0 Å². The zero-order valence-corrected chi connectivity index (χ0v) is 15.4. The molecule has 4 nitrogen and oxygen atoms in total. The Morgan fingerprint density at radius 2 is 1.43 bits per heavy atom. The van der Waals surface area contributed by atoms with Gasteiger partial charge in [-0.25, -0.2) is 4.79 Å². The molecule has 0 amide bonds. The maximum atomic E-state index is 11.5. The average Bonchev–Trinajstić information content (AvgIpc) is 2.52. The van der Waals surface area contributed by atoms with Crippen molar-refractivity contribution in [3.63, 3.8) is 0 Å². The molecule has 0 aliphatic heterocycles. The molecule has 1 unspecified atom stereocenters. The third-order valence-corrected chi connectivity index (χ3v) is 3.87. The summed E-state index contributed by atoms with van der Waals surface area (Å²) in [7, 11) is 0. The van der Waals surface area contributed by atoms with Crippen molar-refractivity contribution in [2.24, 2.45) is 0 Å². The van der Waals surface area contributed by atoms with E-state index in [2.05, 4.69) is 13.5 Å². The largest absolute Gasteiger partial charge is 0.405 e. The number of carbonyl (C=O) groups is 1. The van der Waals surface area contributed by atoms with Crippen LogP contribution in [0.15, 0.2) is 12.2 Å². The molecule has 0 rings (SSSR count). The van der Waals surface area contributed by atoms with Crippen LogP contribution in [0.25, 0.3) is 0 Å². The predicted molar refractivity (Wildman–Crippen MR) is 93.9 cm³/mol. The van der Waals surface area contributed by atoms with E-state index >= 15 is 0 Å². The quantitative estimate of drug-likeness (QED) is 0.197. The summed E-state index contributed by atoms with van der Waals surface area (Å²) in [6, 6.07) is 0. The predicted octanol–water partition coefficient (Wildman–Crippen LogP) is 5.10. The van der Waals surface area contributed by atoms with E-state index in [1.165, 1.54) is 51.4 Å². The second-order valence-corrected chi connectivity index (χ2v) is 6.27. The number of hydrogen-bond donors (Lipinski definition) is 1. The van der Waals surface area contributed by atoms with Crippen LogP contribution in [-0.4, -0.2) is 23.7 Å². The molecular weight excluding hydrogens is 292 g/mol. The lowest BCUT2D eigenvalue weighted by molar-refractivity contribution is -0.341. The lowest BCUT2D eigenvalue weighted by Crippen LogP contribution is -2.37. The second-order valence-electron chi connectivity index (χ2n) is 6.27. The van der Waals surface area contributed by atoms with Crippen LogP contribution in [0.3, 0.4) is 0 Å². The van der Waals surface area contributed by atoms with Crippen LogP contribution in [0.4, 0.5) is 0 Å². The van der Waals surface area contributed by atoms with Crippen molar-refractivity contribution in [3.05, 3.63) is 12.2 Å². The highest BCUT2D eigenvalue weighted by Crippen LogP contribution is 2.17. The van der Waals surface area contributed by atoms with Crippen LogP contribution in [0, 0.1) is 0 Å². The maximum Gasteiger partial charge on any atom is 0.337 e. The zero-order valence-electron chi connectivity index (χ0n) is 15.4. The molecule has 1 N–H and O–H groups in total. The van der Waals surface area contributed by atoms with Gasteiger partial charge in [-0.3, -0.25) is 0 Å². The first-order valence-corrected chi connectivity index (χ1v) is 9.20. The normalized spacial score (nSPS) is 13.6. The summed E-state index contributed by atoms with van der Waals surface area (Å²) in [4.78, 5) is 11.5. The number of esters is 1. The second kappa shape index (κ2) is 13.6. The molecule has 0 spiro atoms. The van der Waals surface area contributed by atoms with E-state index in [-0.39, 0.29) is 12.0 Å². The number of rotatable bonds is 15. The molecule has 0 saturated carbocycles. The minimum Gasteiger partial charge on any atom is -0.405 e. The maximum absolute atomic E-state index is 11.5. The van der Waals surface area contributed by atoms with Gasteiger partial charge in [-0.2, -0.15) is 0 Å². The monoisotopic (exact) mass is 328 g/mol. The number of unbranched alkanes of at least 4 members (excludes halogenated alkanes) is 9. The van der Waals surface area contributed by atoms with Crippen molar-refractivity contribution in [1.82, 2.24) is 0 Å². The lowest BCUT2D eigenvalue weighted by Gasteiger charge is -2.26. The first-order valence-electron chi connectivity index (χ1n) is 9.20. The van der Waals surface area contributed by atoms with Gasteiger partial charge in [0.05, 0.1) is 6.61 Å². The Hall–Kier alpha value is -0.870. The molecule has 0 bridgehead atoms. The van der Waals surface area contributed by atoms with Gasteiger partial charge in [0, 0.05) is 12.0 Å². The fraction of sp³-hybridized carbons (Fsp3) is 0.842. The van der Waals surface area contributed by atoms with Crippen molar-refractivity contribution in [1.29, 1.82) is 0 Å². The van der Waals surface area contributed by atoms with Gasteiger partial charge in [0.2, 0.25) is 0 Å². The average molecular weight is 328 g/mol. The fourth-order valence-electron chi connectivity index (χ4n) is 2.26. The van der Waals surface area contributed by atoms with Gasteiger partial charge in [0.25, 0.3) is 0 Å². The van der Waals surface area contributed by atoms with E-state index < -0.39 is 11.9 Å². The Kier molecular flexibility index (Phi) is 13.0. The van der Waals surface area contributed by atoms with Crippen molar-refractivity contribution >= 4 is 5.97 Å². The van der Waals surface area contributed by atoms with E-state index in [0.29, 0.717) is 6.61 Å². The molecule has 1 atom stereocenters. The summed E-state index contributed by atoms with van der Waals surface area (Å²) >= 11 is 0. The van der Waals surface area contributed by atoms with Crippen LogP contribution >= 0.6 is 0 Å². The fourth-order valence-corrected chi connectivity index (χ4v) is 2.26. The number of hydrogen-bond acceptors (Lipinski definition) is 4. The van der Waals surface area contributed by atoms with Crippen LogP contribution in [0.5, 0.6) is 0 Å². The summed E-state index contributed by atoms with van der Waals surface area (Å²) in [5.41, 5.74) is 0.249. The van der Waals surface area contributed by atoms with Gasteiger partial charge in [0.1, 0.15) is 0 Å². The third kappa shape index (κ3) is 12.2. The van der Waals surface area contributed by atoms with E-state index in [9.17, 15) is 9.90 Å². The van der Waals surface area contributed by atoms with Crippen LogP contribution in [0.1, 0.15) is 91.4 Å². The molecule has 0 radical (unpaired) electrons. The van der Waals surface area contributed by atoms with Crippen LogP contribution < -0.4 is 0 Å². The van der Waals surface area contributed by atoms with Crippen molar-refractivity contribution in [3.8, 4) is 0 Å². The summed E-state index contributed by atoms with van der Waals surface area (Å²) in [5.74, 6) is -2.45. The van der Waals surface area contributed by atoms with E-state index in [1.54, 1.807) is 13.8 Å². The Balaban J connectivity index is 3.61. The zero-order chi connectivity index (χ0) is 17.6. The van der Waals surface area contributed by atoms with E-state index in [4.69, 9.17) is 9.47 Å². The van der Waals surface area contributed by atoms with Gasteiger partial charge >= 0.3 is 11.9 Å². The molecule has 4 heteroatoms. The lowest BCUT2D eigenvalue weighted by atomic mass is 10.1.